The number of rotatable bonds is 1. The first kappa shape index (κ1) is 8.37. The summed E-state index contributed by atoms with van der Waals surface area (Å²) in [5.41, 5.74) is 2.79. The monoisotopic (exact) mass is 206 g/mol. The second-order valence-corrected chi connectivity index (χ2v) is 4.36. The summed E-state index contributed by atoms with van der Waals surface area (Å²) in [5, 5.41) is 0.729. The van der Waals surface area contributed by atoms with Gasteiger partial charge in [0.25, 0.3) is 0 Å². The van der Waals surface area contributed by atoms with Crippen LogP contribution in [0.25, 0.3) is 0 Å². The lowest BCUT2D eigenvalue weighted by Gasteiger charge is -2.13. The predicted molar refractivity (Wildman–Crippen MR) is 57.2 cm³/mol. The second-order valence-electron chi connectivity index (χ2n) is 3.95. The van der Waals surface area contributed by atoms with Crippen molar-refractivity contribution < 1.29 is 4.74 Å². The summed E-state index contributed by atoms with van der Waals surface area (Å²) < 4.78 is 5.22. The average molecular weight is 207 g/mol. The Morgan fingerprint density at radius 3 is 2.50 bits per heavy atom. The summed E-state index contributed by atoms with van der Waals surface area (Å²) in [4.78, 5) is 0. The molecule has 2 aliphatic carbocycles. The Kier molecular flexibility index (Phi) is 1.65. The number of hydrogen-bond donors (Lipinski definition) is 0. The van der Waals surface area contributed by atoms with E-state index in [1.165, 1.54) is 17.5 Å². The first-order chi connectivity index (χ1) is 6.79. The fraction of sp³-hybridized carbons (Fsp3) is 0.333. The molecule has 0 amide bonds. The molecule has 1 nitrogen and oxygen atoms in total. The molecular weight excluding hydrogens is 196 g/mol. The van der Waals surface area contributed by atoms with Crippen LogP contribution in [-0.4, -0.2) is 7.11 Å². The number of benzene rings is 1. The van der Waals surface area contributed by atoms with Gasteiger partial charge in [0.1, 0.15) is 5.75 Å². The van der Waals surface area contributed by atoms with Crippen LogP contribution in [0.3, 0.4) is 0 Å². The molecule has 0 heterocycles. The van der Waals surface area contributed by atoms with Gasteiger partial charge in [0.2, 0.25) is 0 Å². The van der Waals surface area contributed by atoms with Gasteiger partial charge < -0.3 is 4.74 Å². The van der Waals surface area contributed by atoms with Crippen molar-refractivity contribution in [1.82, 2.24) is 0 Å². The molecule has 0 aromatic heterocycles. The van der Waals surface area contributed by atoms with Gasteiger partial charge in [-0.2, -0.15) is 0 Å². The van der Waals surface area contributed by atoms with Gasteiger partial charge in [-0.15, -0.1) is 0 Å². The van der Waals surface area contributed by atoms with E-state index >= 15 is 0 Å². The lowest BCUT2D eigenvalue weighted by molar-refractivity contribution is 0.414. The van der Waals surface area contributed by atoms with Crippen LogP contribution in [0.15, 0.2) is 24.3 Å². The van der Waals surface area contributed by atoms with E-state index in [0.717, 1.165) is 10.8 Å². The molecule has 2 unspecified atom stereocenters. The van der Waals surface area contributed by atoms with Crippen LogP contribution in [0, 0.1) is 0 Å². The highest BCUT2D eigenvalue weighted by atomic mass is 35.5. The molecule has 2 bridgehead atoms. The van der Waals surface area contributed by atoms with E-state index in [4.69, 9.17) is 16.3 Å². The van der Waals surface area contributed by atoms with Crippen LogP contribution < -0.4 is 4.74 Å². The number of fused-ring (bicyclic) bond motifs is 5. The van der Waals surface area contributed by atoms with Crippen LogP contribution in [0.2, 0.25) is 5.02 Å². The number of halogens is 1. The second kappa shape index (κ2) is 2.77. The molecule has 0 aliphatic heterocycles. The fourth-order valence-electron chi connectivity index (χ4n) is 2.54. The zero-order chi connectivity index (χ0) is 9.71. The SMILES string of the molecule is COc1cc2c(cc1Cl)C1C=CC2C1. The van der Waals surface area contributed by atoms with E-state index < -0.39 is 0 Å². The topological polar surface area (TPSA) is 9.23 Å². The molecule has 14 heavy (non-hydrogen) atoms. The van der Waals surface area contributed by atoms with E-state index in [0.29, 0.717) is 11.8 Å². The van der Waals surface area contributed by atoms with E-state index in [2.05, 4.69) is 24.3 Å². The number of allylic oxidation sites excluding steroid dienone is 2. The molecule has 0 N–H and O–H groups in total. The molecule has 3 rings (SSSR count). The third kappa shape index (κ3) is 0.963. The van der Waals surface area contributed by atoms with Gasteiger partial charge in [-0.3, -0.25) is 0 Å². The van der Waals surface area contributed by atoms with Gasteiger partial charge in [0.05, 0.1) is 12.1 Å². The maximum absolute atomic E-state index is 6.10. The summed E-state index contributed by atoms with van der Waals surface area (Å²) in [6, 6.07) is 4.15. The summed E-state index contributed by atoms with van der Waals surface area (Å²) >= 11 is 6.10. The van der Waals surface area contributed by atoms with E-state index in [-0.39, 0.29) is 0 Å². The van der Waals surface area contributed by atoms with Gasteiger partial charge in [-0.05, 0) is 29.7 Å². The zero-order valence-corrected chi connectivity index (χ0v) is 8.71. The minimum absolute atomic E-state index is 0.596. The van der Waals surface area contributed by atoms with Crippen molar-refractivity contribution in [3.63, 3.8) is 0 Å². The van der Waals surface area contributed by atoms with Crippen molar-refractivity contribution in [2.75, 3.05) is 7.11 Å². The van der Waals surface area contributed by atoms with Crippen LogP contribution in [0.4, 0.5) is 0 Å². The van der Waals surface area contributed by atoms with Crippen LogP contribution >= 0.6 is 11.6 Å². The van der Waals surface area contributed by atoms with Crippen molar-refractivity contribution in [2.45, 2.75) is 18.3 Å². The van der Waals surface area contributed by atoms with Crippen LogP contribution in [0.5, 0.6) is 5.75 Å². The molecule has 1 aromatic carbocycles. The standard InChI is InChI=1S/C12H11ClO/c1-14-12-6-10-8-3-2-7(4-8)9(10)5-11(12)13/h2-3,5-8H,4H2,1H3. The average Bonchev–Trinajstić information content (AvgIpc) is 2.77. The number of methoxy groups -OCH3 is 1. The maximum atomic E-state index is 6.10. The van der Waals surface area contributed by atoms with Crippen molar-refractivity contribution >= 4 is 11.6 Å². The molecular formula is C12H11ClO. The molecule has 1 aromatic rings. The fourth-order valence-corrected chi connectivity index (χ4v) is 2.79. The zero-order valence-electron chi connectivity index (χ0n) is 7.96. The smallest absolute Gasteiger partial charge is 0.137 e. The Balaban J connectivity index is 2.18. The van der Waals surface area contributed by atoms with Gasteiger partial charge in [-0.25, -0.2) is 0 Å². The normalized spacial score (nSPS) is 26.7. The van der Waals surface area contributed by atoms with E-state index in [9.17, 15) is 0 Å². The molecule has 2 heteroatoms. The first-order valence-corrected chi connectivity index (χ1v) is 5.23. The van der Waals surface area contributed by atoms with Gasteiger partial charge in [0, 0.05) is 11.8 Å². The Morgan fingerprint density at radius 2 is 1.86 bits per heavy atom. The molecule has 0 spiro atoms. The lowest BCUT2D eigenvalue weighted by Crippen LogP contribution is -1.95. The Morgan fingerprint density at radius 1 is 1.21 bits per heavy atom. The van der Waals surface area contributed by atoms with Crippen molar-refractivity contribution in [2.24, 2.45) is 0 Å². The lowest BCUT2D eigenvalue weighted by atomic mass is 9.97. The summed E-state index contributed by atoms with van der Waals surface area (Å²) in [7, 11) is 1.66. The number of ether oxygens (including phenoxy) is 1. The Bertz CT molecular complexity index is 423. The molecule has 0 saturated carbocycles. The third-order valence-corrected chi connectivity index (χ3v) is 3.54. The van der Waals surface area contributed by atoms with Gasteiger partial charge in [0.15, 0.2) is 0 Å². The Hall–Kier alpha value is -0.950. The maximum Gasteiger partial charge on any atom is 0.137 e. The molecule has 0 radical (unpaired) electrons. The largest absolute Gasteiger partial charge is 0.495 e. The quantitative estimate of drug-likeness (QED) is 0.640. The molecule has 0 fully saturated rings. The number of hydrogen-bond acceptors (Lipinski definition) is 1. The minimum atomic E-state index is 0.596. The molecule has 0 saturated heterocycles. The predicted octanol–water partition coefficient (Wildman–Crippen LogP) is 3.49. The summed E-state index contributed by atoms with van der Waals surface area (Å²) in [6.45, 7) is 0. The molecule has 2 aliphatic rings. The van der Waals surface area contributed by atoms with Crippen molar-refractivity contribution in [3.05, 3.63) is 40.4 Å². The van der Waals surface area contributed by atoms with Crippen molar-refractivity contribution in [3.8, 4) is 5.75 Å². The third-order valence-electron chi connectivity index (χ3n) is 3.24. The Labute approximate surface area is 88.3 Å². The minimum Gasteiger partial charge on any atom is -0.495 e. The highest BCUT2D eigenvalue weighted by Crippen LogP contribution is 2.50. The highest BCUT2D eigenvalue weighted by Gasteiger charge is 2.33. The van der Waals surface area contributed by atoms with E-state index in [1.54, 1.807) is 7.11 Å². The first-order valence-electron chi connectivity index (χ1n) is 4.85. The van der Waals surface area contributed by atoms with Crippen LogP contribution in [0.1, 0.15) is 29.4 Å². The summed E-state index contributed by atoms with van der Waals surface area (Å²) in [5.74, 6) is 1.99. The van der Waals surface area contributed by atoms with Crippen molar-refractivity contribution in [1.29, 1.82) is 0 Å². The van der Waals surface area contributed by atoms with Gasteiger partial charge >= 0.3 is 0 Å². The van der Waals surface area contributed by atoms with Gasteiger partial charge in [-0.1, -0.05) is 23.8 Å². The molecule has 2 atom stereocenters. The molecule has 72 valence electrons. The summed E-state index contributed by atoms with van der Waals surface area (Å²) in [6.07, 6.45) is 5.80. The highest BCUT2D eigenvalue weighted by molar-refractivity contribution is 6.32. The van der Waals surface area contributed by atoms with E-state index in [1.807, 2.05) is 0 Å². The van der Waals surface area contributed by atoms with Crippen LogP contribution in [-0.2, 0) is 0 Å².